The molecule has 25 heavy (non-hydrogen) atoms. The molecule has 1 rings (SSSR count). The van der Waals surface area contributed by atoms with Crippen LogP contribution in [-0.2, 0) is 9.59 Å². The molecule has 0 saturated carbocycles. The van der Waals surface area contributed by atoms with E-state index < -0.39 is 0 Å². The first-order valence-electron chi connectivity index (χ1n) is 9.08. The van der Waals surface area contributed by atoms with Gasteiger partial charge in [0, 0.05) is 11.2 Å². The Morgan fingerprint density at radius 1 is 1.08 bits per heavy atom. The van der Waals surface area contributed by atoms with Crippen LogP contribution < -0.4 is 10.6 Å². The molecule has 0 aliphatic heterocycles. The molecule has 0 bridgehead atoms. The minimum atomic E-state index is -0.270. The zero-order chi connectivity index (χ0) is 19.0. The Labute approximate surface area is 152 Å². The summed E-state index contributed by atoms with van der Waals surface area (Å²) in [4.78, 5) is 26.3. The highest BCUT2D eigenvalue weighted by molar-refractivity contribution is 5.93. The van der Waals surface area contributed by atoms with E-state index in [-0.39, 0.29) is 30.4 Å². The molecule has 0 radical (unpaired) electrons. The predicted octanol–water partition coefficient (Wildman–Crippen LogP) is 3.38. The molecule has 1 aromatic carbocycles. The molecule has 0 unspecified atom stereocenters. The highest BCUT2D eigenvalue weighted by Gasteiger charge is 2.18. The third-order valence-electron chi connectivity index (χ3n) is 4.07. The largest absolute Gasteiger partial charge is 0.350 e. The normalized spacial score (nSPS) is 12.8. The molecule has 0 aliphatic rings. The maximum atomic E-state index is 12.4. The van der Waals surface area contributed by atoms with Gasteiger partial charge in [-0.15, -0.1) is 0 Å². The quantitative estimate of drug-likeness (QED) is 0.758. The third kappa shape index (κ3) is 7.69. The van der Waals surface area contributed by atoms with Crippen molar-refractivity contribution in [2.75, 3.05) is 25.0 Å². The molecular weight excluding hydrogens is 314 g/mol. The molecular formula is C20H33N3O2. The lowest BCUT2D eigenvalue weighted by Crippen LogP contribution is -2.47. The third-order valence-corrected chi connectivity index (χ3v) is 4.07. The number of carbonyl (C=O) groups is 2. The predicted molar refractivity (Wildman–Crippen MR) is 104 cm³/mol. The summed E-state index contributed by atoms with van der Waals surface area (Å²) in [5.74, 6) is 0.222. The fraction of sp³-hybridized carbons (Fsp3) is 0.600. The van der Waals surface area contributed by atoms with Crippen molar-refractivity contribution in [2.45, 2.75) is 59.4 Å². The van der Waals surface area contributed by atoms with Crippen molar-refractivity contribution in [3.63, 3.8) is 0 Å². The number of rotatable bonds is 8. The minimum Gasteiger partial charge on any atom is -0.350 e. The van der Waals surface area contributed by atoms with Crippen LogP contribution in [0.3, 0.4) is 0 Å². The van der Waals surface area contributed by atoms with Gasteiger partial charge in [0.1, 0.15) is 0 Å². The first kappa shape index (κ1) is 21.2. The molecule has 0 aromatic heterocycles. The highest BCUT2D eigenvalue weighted by atomic mass is 16.2. The Morgan fingerprint density at radius 2 is 1.68 bits per heavy atom. The van der Waals surface area contributed by atoms with Crippen LogP contribution in [0.25, 0.3) is 0 Å². The summed E-state index contributed by atoms with van der Waals surface area (Å²) in [6.45, 7) is 13.1. The second kappa shape index (κ2) is 9.56. The number of amides is 2. The number of carbonyl (C=O) groups excluding carboxylic acids is 2. The molecule has 0 saturated heterocycles. The summed E-state index contributed by atoms with van der Waals surface area (Å²) in [5, 5.41) is 5.93. The number of benzene rings is 1. The molecule has 140 valence electrons. The Morgan fingerprint density at radius 3 is 2.24 bits per heavy atom. The monoisotopic (exact) mass is 347 g/mol. The van der Waals surface area contributed by atoms with Gasteiger partial charge in [0.15, 0.2) is 0 Å². The van der Waals surface area contributed by atoms with Crippen LogP contribution in [0.5, 0.6) is 0 Å². The van der Waals surface area contributed by atoms with Crippen molar-refractivity contribution in [3.05, 3.63) is 29.8 Å². The van der Waals surface area contributed by atoms with Gasteiger partial charge in [-0.1, -0.05) is 39.0 Å². The molecule has 0 heterocycles. The van der Waals surface area contributed by atoms with E-state index in [9.17, 15) is 9.59 Å². The van der Waals surface area contributed by atoms with Crippen molar-refractivity contribution in [2.24, 2.45) is 0 Å². The van der Waals surface area contributed by atoms with E-state index in [0.717, 1.165) is 17.7 Å². The summed E-state index contributed by atoms with van der Waals surface area (Å²) in [6, 6.07) is 7.91. The summed E-state index contributed by atoms with van der Waals surface area (Å²) < 4.78 is 0. The van der Waals surface area contributed by atoms with Crippen LogP contribution in [0.15, 0.2) is 24.3 Å². The fourth-order valence-corrected chi connectivity index (χ4v) is 2.59. The van der Waals surface area contributed by atoms with Gasteiger partial charge in [0.2, 0.25) is 11.8 Å². The van der Waals surface area contributed by atoms with Crippen molar-refractivity contribution >= 4 is 17.5 Å². The number of nitrogens with zero attached hydrogens (tertiary/aromatic N) is 1. The van der Waals surface area contributed by atoms with E-state index in [1.807, 2.05) is 50.8 Å². The van der Waals surface area contributed by atoms with Crippen LogP contribution >= 0.6 is 0 Å². The Hall–Kier alpha value is -1.88. The lowest BCUT2D eigenvalue weighted by atomic mass is 9.97. The van der Waals surface area contributed by atoms with Gasteiger partial charge >= 0.3 is 0 Å². The Kier molecular flexibility index (Phi) is 8.10. The van der Waals surface area contributed by atoms with Crippen molar-refractivity contribution in [1.29, 1.82) is 0 Å². The maximum absolute atomic E-state index is 12.4. The Bertz CT molecular complexity index is 579. The van der Waals surface area contributed by atoms with E-state index in [2.05, 4.69) is 30.5 Å². The molecule has 0 spiro atoms. The van der Waals surface area contributed by atoms with Crippen LogP contribution in [0.4, 0.5) is 5.69 Å². The fourth-order valence-electron chi connectivity index (χ4n) is 2.59. The molecule has 0 aliphatic carbocycles. The first-order valence-corrected chi connectivity index (χ1v) is 9.08. The molecule has 0 fully saturated rings. The van der Waals surface area contributed by atoms with Gasteiger partial charge in [0.25, 0.3) is 0 Å². The van der Waals surface area contributed by atoms with E-state index in [0.29, 0.717) is 12.5 Å². The van der Waals surface area contributed by atoms with Crippen molar-refractivity contribution in [3.8, 4) is 0 Å². The molecule has 1 atom stereocenters. The average molecular weight is 348 g/mol. The van der Waals surface area contributed by atoms with Gasteiger partial charge in [-0.3, -0.25) is 14.5 Å². The van der Waals surface area contributed by atoms with Gasteiger partial charge in [0.05, 0.1) is 13.1 Å². The van der Waals surface area contributed by atoms with Crippen molar-refractivity contribution in [1.82, 2.24) is 10.2 Å². The van der Waals surface area contributed by atoms with Gasteiger partial charge in [-0.05, 0) is 51.3 Å². The lowest BCUT2D eigenvalue weighted by Gasteiger charge is -2.24. The zero-order valence-corrected chi connectivity index (χ0v) is 16.5. The average Bonchev–Trinajstić information content (AvgIpc) is 2.52. The standard InChI is InChI=1S/C20H33N3O2/c1-7-15(3)16-11-9-10-12-17(16)21-18(24)13-23(8-2)14-19(25)22-20(4,5)6/h9-12,15H,7-8,13-14H2,1-6H3,(H,21,24)(H,22,25)/t15-/m0/s1. The number of para-hydroxylation sites is 1. The van der Waals surface area contributed by atoms with Gasteiger partial charge < -0.3 is 10.6 Å². The van der Waals surface area contributed by atoms with Gasteiger partial charge in [-0.2, -0.15) is 0 Å². The lowest BCUT2D eigenvalue weighted by molar-refractivity contribution is -0.124. The number of nitrogens with one attached hydrogen (secondary N) is 2. The molecule has 5 nitrogen and oxygen atoms in total. The molecule has 5 heteroatoms. The second-order valence-corrected chi connectivity index (χ2v) is 7.55. The molecule has 2 amide bonds. The molecule has 2 N–H and O–H groups in total. The summed E-state index contributed by atoms with van der Waals surface area (Å²) in [7, 11) is 0. The van der Waals surface area contributed by atoms with Crippen molar-refractivity contribution < 1.29 is 9.59 Å². The topological polar surface area (TPSA) is 61.4 Å². The van der Waals surface area contributed by atoms with Crippen LogP contribution in [0.1, 0.15) is 59.4 Å². The SMILES string of the molecule is CC[C@H](C)c1ccccc1NC(=O)CN(CC)CC(=O)NC(C)(C)C. The number of hydrogen-bond donors (Lipinski definition) is 2. The number of anilines is 1. The maximum Gasteiger partial charge on any atom is 0.238 e. The minimum absolute atomic E-state index is 0.0674. The van der Waals surface area contributed by atoms with E-state index in [1.165, 1.54) is 0 Å². The first-order chi connectivity index (χ1) is 11.7. The summed E-state index contributed by atoms with van der Waals surface area (Å²) in [5.41, 5.74) is 1.73. The van der Waals surface area contributed by atoms with Crippen LogP contribution in [0, 0.1) is 0 Å². The van der Waals surface area contributed by atoms with E-state index >= 15 is 0 Å². The number of hydrogen-bond acceptors (Lipinski definition) is 3. The van der Waals surface area contributed by atoms with E-state index in [4.69, 9.17) is 0 Å². The highest BCUT2D eigenvalue weighted by Crippen LogP contribution is 2.26. The second-order valence-electron chi connectivity index (χ2n) is 7.55. The van der Waals surface area contributed by atoms with Crippen LogP contribution in [0.2, 0.25) is 0 Å². The molecule has 1 aromatic rings. The number of likely N-dealkylation sites (N-methyl/N-ethyl adjacent to an activating group) is 1. The zero-order valence-electron chi connectivity index (χ0n) is 16.5. The van der Waals surface area contributed by atoms with E-state index in [1.54, 1.807) is 0 Å². The van der Waals surface area contributed by atoms with Gasteiger partial charge in [-0.25, -0.2) is 0 Å². The summed E-state index contributed by atoms with van der Waals surface area (Å²) in [6.07, 6.45) is 1.01. The Balaban J connectivity index is 2.67. The van der Waals surface area contributed by atoms with Crippen LogP contribution in [-0.4, -0.2) is 41.9 Å². The smallest absolute Gasteiger partial charge is 0.238 e. The summed E-state index contributed by atoms with van der Waals surface area (Å²) >= 11 is 0.